The molecule has 0 fully saturated rings. The van der Waals surface area contributed by atoms with Crippen molar-refractivity contribution in [3.05, 3.63) is 34.9 Å². The molecule has 17 heavy (non-hydrogen) atoms. The molecule has 1 rings (SSSR count). The molecule has 1 aromatic carbocycles. The van der Waals surface area contributed by atoms with Crippen LogP contribution >= 0.6 is 11.6 Å². The summed E-state index contributed by atoms with van der Waals surface area (Å²) in [5.41, 5.74) is 0.607. The van der Waals surface area contributed by atoms with Crippen LogP contribution in [0.15, 0.2) is 24.3 Å². The Labute approximate surface area is 106 Å². The molecule has 0 aromatic heterocycles. The maximum atomic E-state index is 11.4. The van der Waals surface area contributed by atoms with Crippen molar-refractivity contribution in [2.24, 2.45) is 0 Å². The summed E-state index contributed by atoms with van der Waals surface area (Å²) in [7, 11) is -0.685. The average Bonchev–Trinajstić information content (AvgIpc) is 2.27. The number of benzene rings is 1. The van der Waals surface area contributed by atoms with Gasteiger partial charge in [-0.15, -0.1) is 0 Å². The van der Waals surface area contributed by atoms with Crippen LogP contribution in [0.4, 0.5) is 0 Å². The topological polar surface area (TPSA) is 69.6 Å². The van der Waals surface area contributed by atoms with Gasteiger partial charge >= 0.3 is 0 Å². The van der Waals surface area contributed by atoms with E-state index >= 15 is 0 Å². The average molecular weight is 279 g/mol. The lowest BCUT2D eigenvalue weighted by molar-refractivity contribution is 0.181. The van der Waals surface area contributed by atoms with Gasteiger partial charge in [-0.25, -0.2) is 0 Å². The Kier molecular flexibility index (Phi) is 4.91. The normalized spacial score (nSPS) is 13.9. The van der Waals surface area contributed by atoms with Crippen LogP contribution in [0.25, 0.3) is 0 Å². The van der Waals surface area contributed by atoms with E-state index in [1.165, 1.54) is 14.1 Å². The predicted molar refractivity (Wildman–Crippen MR) is 67.0 cm³/mol. The molecule has 0 spiro atoms. The zero-order chi connectivity index (χ0) is 13.1. The molecule has 1 unspecified atom stereocenters. The standard InChI is InChI=1S/C10H15ClN2O3S/c1-13(2)17(15,16)12-7-10(14)8-3-5-9(11)6-4-8/h3-6,10,12,14H,7H2,1-2H3. The van der Waals surface area contributed by atoms with Gasteiger partial charge in [-0.05, 0) is 17.7 Å². The van der Waals surface area contributed by atoms with Crippen LogP contribution in [-0.4, -0.2) is 38.5 Å². The third-order valence-corrected chi connectivity index (χ3v) is 3.94. The first-order valence-electron chi connectivity index (χ1n) is 4.93. The van der Waals surface area contributed by atoms with E-state index in [0.717, 1.165) is 4.31 Å². The summed E-state index contributed by atoms with van der Waals surface area (Å²) in [6.07, 6.45) is -0.901. The van der Waals surface area contributed by atoms with Crippen molar-refractivity contribution >= 4 is 21.8 Å². The molecule has 0 aliphatic carbocycles. The molecule has 0 aliphatic rings. The van der Waals surface area contributed by atoms with E-state index in [0.29, 0.717) is 10.6 Å². The van der Waals surface area contributed by atoms with E-state index in [-0.39, 0.29) is 6.54 Å². The maximum absolute atomic E-state index is 11.4. The summed E-state index contributed by atoms with van der Waals surface area (Å²) < 4.78 is 26.1. The molecule has 2 N–H and O–H groups in total. The molecule has 0 radical (unpaired) electrons. The minimum atomic E-state index is -3.51. The lowest BCUT2D eigenvalue weighted by Gasteiger charge is -2.15. The lowest BCUT2D eigenvalue weighted by atomic mass is 10.1. The fourth-order valence-corrected chi connectivity index (χ4v) is 1.87. The molecule has 5 nitrogen and oxygen atoms in total. The SMILES string of the molecule is CN(C)S(=O)(=O)NCC(O)c1ccc(Cl)cc1. The van der Waals surface area contributed by atoms with Crippen molar-refractivity contribution in [1.29, 1.82) is 0 Å². The molecular formula is C10H15ClN2O3S. The summed E-state index contributed by atoms with van der Waals surface area (Å²) in [4.78, 5) is 0. The van der Waals surface area contributed by atoms with Gasteiger partial charge in [0.15, 0.2) is 0 Å². The molecule has 1 atom stereocenters. The van der Waals surface area contributed by atoms with Gasteiger partial charge in [-0.1, -0.05) is 23.7 Å². The minimum Gasteiger partial charge on any atom is -0.387 e. The Morgan fingerprint density at radius 1 is 1.35 bits per heavy atom. The molecule has 0 saturated carbocycles. The number of aliphatic hydroxyl groups excluding tert-OH is 1. The first kappa shape index (κ1) is 14.4. The number of nitrogens with one attached hydrogen (secondary N) is 1. The number of halogens is 1. The Morgan fingerprint density at radius 3 is 2.35 bits per heavy atom. The second-order valence-electron chi connectivity index (χ2n) is 3.70. The van der Waals surface area contributed by atoms with Gasteiger partial charge in [0.25, 0.3) is 10.2 Å². The zero-order valence-electron chi connectivity index (χ0n) is 9.59. The number of rotatable bonds is 5. The number of aliphatic hydroxyl groups is 1. The quantitative estimate of drug-likeness (QED) is 0.836. The van der Waals surface area contributed by atoms with Crippen LogP contribution < -0.4 is 4.72 Å². The summed E-state index contributed by atoms with van der Waals surface area (Å²) in [5.74, 6) is 0. The molecule has 1 aromatic rings. The van der Waals surface area contributed by atoms with Crippen LogP contribution in [0.1, 0.15) is 11.7 Å². The highest BCUT2D eigenvalue weighted by atomic mass is 35.5. The van der Waals surface area contributed by atoms with E-state index in [1.54, 1.807) is 24.3 Å². The highest BCUT2D eigenvalue weighted by Crippen LogP contribution is 2.15. The predicted octanol–water partition coefficient (Wildman–Crippen LogP) is 0.769. The fourth-order valence-electron chi connectivity index (χ4n) is 1.12. The van der Waals surface area contributed by atoms with Gasteiger partial charge in [0.1, 0.15) is 0 Å². The van der Waals surface area contributed by atoms with Gasteiger partial charge < -0.3 is 5.11 Å². The third-order valence-electron chi connectivity index (χ3n) is 2.19. The highest BCUT2D eigenvalue weighted by Gasteiger charge is 2.15. The molecule has 7 heteroatoms. The van der Waals surface area contributed by atoms with E-state index in [2.05, 4.69) is 4.72 Å². The summed E-state index contributed by atoms with van der Waals surface area (Å²) in [5, 5.41) is 10.3. The van der Waals surface area contributed by atoms with Gasteiger partial charge in [0, 0.05) is 25.7 Å². The van der Waals surface area contributed by atoms with Crippen molar-refractivity contribution in [1.82, 2.24) is 9.03 Å². The van der Waals surface area contributed by atoms with Gasteiger partial charge in [0.05, 0.1) is 6.10 Å². The van der Waals surface area contributed by atoms with Gasteiger partial charge in [0.2, 0.25) is 0 Å². The third kappa shape index (κ3) is 4.25. The van der Waals surface area contributed by atoms with E-state index in [9.17, 15) is 13.5 Å². The molecule has 96 valence electrons. The molecule has 0 amide bonds. The molecule has 0 bridgehead atoms. The second kappa shape index (κ2) is 5.79. The first-order valence-corrected chi connectivity index (χ1v) is 6.75. The first-order chi connectivity index (χ1) is 7.83. The van der Waals surface area contributed by atoms with Crippen molar-refractivity contribution in [2.45, 2.75) is 6.10 Å². The van der Waals surface area contributed by atoms with Crippen LogP contribution in [-0.2, 0) is 10.2 Å². The fraction of sp³-hybridized carbons (Fsp3) is 0.400. The minimum absolute atomic E-state index is 0.0812. The smallest absolute Gasteiger partial charge is 0.279 e. The van der Waals surface area contributed by atoms with Crippen molar-refractivity contribution in [3.63, 3.8) is 0 Å². The Balaban J connectivity index is 2.62. The van der Waals surface area contributed by atoms with Gasteiger partial charge in [-0.3, -0.25) is 0 Å². The monoisotopic (exact) mass is 278 g/mol. The van der Waals surface area contributed by atoms with Crippen LogP contribution in [0, 0.1) is 0 Å². The Bertz CT molecular complexity index is 459. The highest BCUT2D eigenvalue weighted by molar-refractivity contribution is 7.87. The zero-order valence-corrected chi connectivity index (χ0v) is 11.2. The maximum Gasteiger partial charge on any atom is 0.279 e. The van der Waals surface area contributed by atoms with Crippen LogP contribution in [0.2, 0.25) is 5.02 Å². The number of nitrogens with zero attached hydrogens (tertiary/aromatic N) is 1. The Morgan fingerprint density at radius 2 is 1.88 bits per heavy atom. The van der Waals surface area contributed by atoms with Crippen molar-refractivity contribution in [3.8, 4) is 0 Å². The Hall–Kier alpha value is -0.660. The molecular weight excluding hydrogens is 264 g/mol. The summed E-state index contributed by atoms with van der Waals surface area (Å²) in [6.45, 7) is -0.0812. The van der Waals surface area contributed by atoms with E-state index < -0.39 is 16.3 Å². The molecule has 0 saturated heterocycles. The largest absolute Gasteiger partial charge is 0.387 e. The van der Waals surface area contributed by atoms with Crippen LogP contribution in [0.3, 0.4) is 0 Å². The molecule has 0 heterocycles. The summed E-state index contributed by atoms with van der Waals surface area (Å²) >= 11 is 5.71. The second-order valence-corrected chi connectivity index (χ2v) is 6.11. The lowest BCUT2D eigenvalue weighted by Crippen LogP contribution is -2.37. The molecule has 0 aliphatic heterocycles. The van der Waals surface area contributed by atoms with E-state index in [4.69, 9.17) is 11.6 Å². The van der Waals surface area contributed by atoms with Gasteiger partial charge in [-0.2, -0.15) is 17.4 Å². The summed E-state index contributed by atoms with van der Waals surface area (Å²) in [6, 6.07) is 6.58. The van der Waals surface area contributed by atoms with E-state index in [1.807, 2.05) is 0 Å². The van der Waals surface area contributed by atoms with Crippen molar-refractivity contribution < 1.29 is 13.5 Å². The number of hydrogen-bond donors (Lipinski definition) is 2. The van der Waals surface area contributed by atoms with Crippen LogP contribution in [0.5, 0.6) is 0 Å². The van der Waals surface area contributed by atoms with Crippen molar-refractivity contribution in [2.75, 3.05) is 20.6 Å². The number of hydrogen-bond acceptors (Lipinski definition) is 3.